The summed E-state index contributed by atoms with van der Waals surface area (Å²) >= 11 is 0. The Labute approximate surface area is 285 Å². The molecular formula is C42H72N2O2. The van der Waals surface area contributed by atoms with E-state index in [0.29, 0.717) is 19.4 Å². The lowest BCUT2D eigenvalue weighted by Crippen LogP contribution is -2.32. The monoisotopic (exact) mass is 637 g/mol. The lowest BCUT2D eigenvalue weighted by Gasteiger charge is -2.14. The number of carbonyl (C=O) groups excluding carboxylic acids is 2. The van der Waals surface area contributed by atoms with Gasteiger partial charge >= 0.3 is 0 Å². The maximum Gasteiger partial charge on any atom is 0.220 e. The molecule has 2 N–H and O–H groups in total. The topological polar surface area (TPSA) is 58.2 Å². The van der Waals surface area contributed by atoms with Crippen molar-refractivity contribution < 1.29 is 9.59 Å². The predicted octanol–water partition coefficient (Wildman–Crippen LogP) is 12.0. The Morgan fingerprint density at radius 2 is 0.957 bits per heavy atom. The van der Waals surface area contributed by atoms with Crippen molar-refractivity contribution >= 4 is 11.8 Å². The van der Waals surface area contributed by atoms with E-state index in [-0.39, 0.29) is 17.9 Å². The maximum atomic E-state index is 12.2. The summed E-state index contributed by atoms with van der Waals surface area (Å²) in [5.74, 6) is 0.305. The fraction of sp³-hybridized carbons (Fsp3) is 0.667. The highest BCUT2D eigenvalue weighted by Gasteiger charge is 2.07. The molecule has 0 aliphatic carbocycles. The van der Waals surface area contributed by atoms with E-state index in [1.807, 2.05) is 0 Å². The lowest BCUT2D eigenvalue weighted by molar-refractivity contribution is -0.122. The first kappa shape index (κ1) is 43.4. The van der Waals surface area contributed by atoms with Crippen molar-refractivity contribution in [1.82, 2.24) is 10.6 Å². The molecule has 262 valence electrons. The third-order valence-corrected chi connectivity index (χ3v) is 7.94. The second-order valence-corrected chi connectivity index (χ2v) is 12.6. The van der Waals surface area contributed by atoms with E-state index in [1.54, 1.807) is 0 Å². The summed E-state index contributed by atoms with van der Waals surface area (Å²) in [6, 6.07) is 0.198. The predicted molar refractivity (Wildman–Crippen MR) is 203 cm³/mol. The van der Waals surface area contributed by atoms with E-state index in [1.165, 1.54) is 57.8 Å². The van der Waals surface area contributed by atoms with E-state index in [0.717, 1.165) is 77.0 Å². The minimum absolute atomic E-state index is 0.118. The molecule has 4 nitrogen and oxygen atoms in total. The van der Waals surface area contributed by atoms with Gasteiger partial charge in [0.15, 0.2) is 0 Å². The van der Waals surface area contributed by atoms with Crippen LogP contribution in [0.2, 0.25) is 0 Å². The molecule has 0 aliphatic rings. The Hall–Kier alpha value is -2.62. The van der Waals surface area contributed by atoms with Crippen LogP contribution in [-0.2, 0) is 9.59 Å². The minimum atomic E-state index is 0.118. The normalized spacial score (nSPS) is 13.0. The largest absolute Gasteiger partial charge is 0.356 e. The SMILES string of the molecule is CC/C=C\C/C=C\C/C=C\C/C=C\C/C=C\C/C=C\CCC(=O)NCCCC[C@@H](C)NC(=O)CCCCCCCCCCCCC. The molecule has 0 saturated heterocycles. The Kier molecular flexibility index (Phi) is 34.7. The summed E-state index contributed by atoms with van der Waals surface area (Å²) in [6.45, 7) is 7.22. The Bertz CT molecular complexity index is 865. The van der Waals surface area contributed by atoms with Crippen molar-refractivity contribution in [1.29, 1.82) is 0 Å². The van der Waals surface area contributed by atoms with Crippen molar-refractivity contribution in [2.45, 2.75) is 174 Å². The highest BCUT2D eigenvalue weighted by molar-refractivity contribution is 5.76. The average Bonchev–Trinajstić information content (AvgIpc) is 3.04. The van der Waals surface area contributed by atoms with Crippen LogP contribution < -0.4 is 10.6 Å². The number of allylic oxidation sites excluding steroid dienone is 12. The van der Waals surface area contributed by atoms with Crippen LogP contribution in [-0.4, -0.2) is 24.4 Å². The number of amides is 2. The van der Waals surface area contributed by atoms with Gasteiger partial charge in [0, 0.05) is 25.4 Å². The smallest absolute Gasteiger partial charge is 0.220 e. The molecule has 0 rings (SSSR count). The zero-order chi connectivity index (χ0) is 33.6. The molecule has 0 aromatic carbocycles. The number of hydrogen-bond acceptors (Lipinski definition) is 2. The van der Waals surface area contributed by atoms with E-state index in [9.17, 15) is 9.59 Å². The van der Waals surface area contributed by atoms with Gasteiger partial charge in [0.1, 0.15) is 0 Å². The van der Waals surface area contributed by atoms with Crippen LogP contribution in [0.1, 0.15) is 168 Å². The summed E-state index contributed by atoms with van der Waals surface area (Å²) in [5, 5.41) is 6.17. The molecule has 0 aliphatic heterocycles. The van der Waals surface area contributed by atoms with Gasteiger partial charge in [0.2, 0.25) is 11.8 Å². The van der Waals surface area contributed by atoms with E-state index < -0.39 is 0 Å². The van der Waals surface area contributed by atoms with Crippen molar-refractivity contribution in [2.75, 3.05) is 6.54 Å². The average molecular weight is 637 g/mol. The molecule has 0 aromatic heterocycles. The van der Waals surface area contributed by atoms with Crippen molar-refractivity contribution in [2.24, 2.45) is 0 Å². The number of unbranched alkanes of at least 4 members (excludes halogenated alkanes) is 11. The standard InChI is InChI=1S/C42H72N2O2/c1-4-6-8-10-12-14-16-17-18-19-20-21-22-23-25-26-28-30-32-37-41(45)43-39-35-34-36-40(3)44-42(46)38-33-31-29-27-24-15-13-11-9-7-5-2/h6,8,12,14,17-18,20-21,23,25,28,30,40H,4-5,7,9-11,13,15-16,19,22,24,26-27,29,31-39H2,1-3H3,(H,43,45)(H,44,46)/b8-6-,14-12-,18-17-,21-20-,25-23-,30-28-/t40-/m1/s1. The highest BCUT2D eigenvalue weighted by Crippen LogP contribution is 2.12. The van der Waals surface area contributed by atoms with Crippen LogP contribution in [0.3, 0.4) is 0 Å². The molecule has 2 amide bonds. The molecule has 0 heterocycles. The first-order chi connectivity index (χ1) is 22.6. The Morgan fingerprint density at radius 1 is 0.500 bits per heavy atom. The van der Waals surface area contributed by atoms with Crippen LogP contribution in [0.4, 0.5) is 0 Å². The molecule has 1 atom stereocenters. The highest BCUT2D eigenvalue weighted by atomic mass is 16.2. The zero-order valence-electron chi connectivity index (χ0n) is 30.3. The summed E-state index contributed by atoms with van der Waals surface area (Å²) in [5.41, 5.74) is 0. The van der Waals surface area contributed by atoms with Gasteiger partial charge in [-0.25, -0.2) is 0 Å². The first-order valence-electron chi connectivity index (χ1n) is 19.1. The van der Waals surface area contributed by atoms with Crippen molar-refractivity contribution in [3.05, 3.63) is 72.9 Å². The number of rotatable bonds is 32. The van der Waals surface area contributed by atoms with Crippen molar-refractivity contribution in [3.8, 4) is 0 Å². The molecule has 0 radical (unpaired) electrons. The maximum absolute atomic E-state index is 12.2. The zero-order valence-corrected chi connectivity index (χ0v) is 30.3. The molecule has 0 fully saturated rings. The Balaban J connectivity index is 3.58. The van der Waals surface area contributed by atoms with Gasteiger partial charge in [-0.05, 0) is 77.6 Å². The van der Waals surface area contributed by atoms with Crippen LogP contribution in [0.5, 0.6) is 0 Å². The van der Waals surface area contributed by atoms with E-state index in [4.69, 9.17) is 0 Å². The van der Waals surface area contributed by atoms with Crippen LogP contribution in [0.25, 0.3) is 0 Å². The molecule has 0 unspecified atom stereocenters. The molecule has 0 bridgehead atoms. The fourth-order valence-electron chi connectivity index (χ4n) is 5.11. The van der Waals surface area contributed by atoms with Gasteiger partial charge in [-0.15, -0.1) is 0 Å². The van der Waals surface area contributed by atoms with Crippen LogP contribution in [0, 0.1) is 0 Å². The summed E-state index contributed by atoms with van der Waals surface area (Å²) in [4.78, 5) is 24.3. The van der Waals surface area contributed by atoms with E-state index in [2.05, 4.69) is 104 Å². The van der Waals surface area contributed by atoms with Gasteiger partial charge in [0.25, 0.3) is 0 Å². The lowest BCUT2D eigenvalue weighted by atomic mass is 10.0. The minimum Gasteiger partial charge on any atom is -0.356 e. The Morgan fingerprint density at radius 3 is 1.46 bits per heavy atom. The van der Waals surface area contributed by atoms with Crippen LogP contribution >= 0.6 is 0 Å². The van der Waals surface area contributed by atoms with Gasteiger partial charge in [0.05, 0.1) is 0 Å². The van der Waals surface area contributed by atoms with E-state index >= 15 is 0 Å². The fourth-order valence-corrected chi connectivity index (χ4v) is 5.11. The summed E-state index contributed by atoms with van der Waals surface area (Å²) < 4.78 is 0. The first-order valence-corrected chi connectivity index (χ1v) is 19.1. The number of nitrogens with one attached hydrogen (secondary N) is 2. The van der Waals surface area contributed by atoms with Gasteiger partial charge < -0.3 is 10.6 Å². The molecular weight excluding hydrogens is 564 g/mol. The van der Waals surface area contributed by atoms with Gasteiger partial charge in [-0.2, -0.15) is 0 Å². The molecule has 0 aromatic rings. The molecule has 0 spiro atoms. The molecule has 4 heteroatoms. The molecule has 46 heavy (non-hydrogen) atoms. The van der Waals surface area contributed by atoms with Crippen molar-refractivity contribution in [3.63, 3.8) is 0 Å². The van der Waals surface area contributed by atoms with Gasteiger partial charge in [-0.3, -0.25) is 9.59 Å². The van der Waals surface area contributed by atoms with Crippen LogP contribution in [0.15, 0.2) is 72.9 Å². The summed E-state index contributed by atoms with van der Waals surface area (Å²) in [7, 11) is 0. The van der Waals surface area contributed by atoms with Gasteiger partial charge in [-0.1, -0.05) is 151 Å². The summed E-state index contributed by atoms with van der Waals surface area (Å²) in [6.07, 6.45) is 51.5. The second-order valence-electron chi connectivity index (χ2n) is 12.6. The second kappa shape index (κ2) is 36.8. The number of hydrogen-bond donors (Lipinski definition) is 2. The molecule has 0 saturated carbocycles. The number of carbonyl (C=O) groups is 2. The third-order valence-electron chi connectivity index (χ3n) is 7.94. The third kappa shape index (κ3) is 35.9. The quantitative estimate of drug-likeness (QED) is 0.0570.